The van der Waals surface area contributed by atoms with Gasteiger partial charge in [0, 0.05) is 18.0 Å². The second-order valence-corrected chi connectivity index (χ2v) is 5.04. The maximum Gasteiger partial charge on any atom is 0.255 e. The minimum atomic E-state index is -0.0837. The highest BCUT2D eigenvalue weighted by molar-refractivity contribution is 9.10. The van der Waals surface area contributed by atoms with E-state index in [9.17, 15) is 4.79 Å². The van der Waals surface area contributed by atoms with Crippen molar-refractivity contribution in [3.05, 3.63) is 37.5 Å². The smallest absolute Gasteiger partial charge is 0.255 e. The van der Waals surface area contributed by atoms with Crippen molar-refractivity contribution in [1.29, 1.82) is 0 Å². The molecule has 5 heteroatoms. The van der Waals surface area contributed by atoms with Gasteiger partial charge < -0.3 is 9.30 Å². The number of benzene rings is 1. The molecule has 0 atom stereocenters. The lowest BCUT2D eigenvalue weighted by molar-refractivity contribution is 0.413. The number of ether oxygens (including phenoxy) is 1. The number of halogens is 2. The molecule has 0 amide bonds. The van der Waals surface area contributed by atoms with Crippen LogP contribution in [-0.2, 0) is 7.05 Å². The monoisotopic (exact) mass is 315 g/mol. The van der Waals surface area contributed by atoms with Crippen molar-refractivity contribution in [1.82, 2.24) is 4.57 Å². The fourth-order valence-corrected chi connectivity index (χ4v) is 2.53. The number of fused-ring (bicyclic) bond motifs is 1. The molecule has 2 rings (SSSR count). The van der Waals surface area contributed by atoms with Crippen LogP contribution in [-0.4, -0.2) is 11.7 Å². The molecule has 17 heavy (non-hydrogen) atoms. The van der Waals surface area contributed by atoms with Gasteiger partial charge in [0.15, 0.2) is 0 Å². The summed E-state index contributed by atoms with van der Waals surface area (Å²) < 4.78 is 7.60. The van der Waals surface area contributed by atoms with Crippen molar-refractivity contribution in [2.45, 2.75) is 6.92 Å². The number of aryl methyl sites for hydroxylation is 1. The Hall–Kier alpha value is -1.00. The molecule has 1 aromatic heterocycles. The maximum absolute atomic E-state index is 11.9. The molecule has 0 saturated heterocycles. The molecule has 0 fully saturated rings. The molecule has 0 aliphatic heterocycles. The van der Waals surface area contributed by atoms with Crippen LogP contribution in [0.1, 0.15) is 5.56 Å². The fraction of sp³-hybridized carbons (Fsp3) is 0.250. The maximum atomic E-state index is 11.9. The molecular weight excluding hydrogens is 305 g/mol. The Labute approximate surface area is 112 Å². The quantitative estimate of drug-likeness (QED) is 0.808. The second kappa shape index (κ2) is 4.35. The first-order valence-electron chi connectivity index (χ1n) is 4.99. The Bertz CT molecular complexity index is 664. The Balaban J connectivity index is 3.01. The lowest BCUT2D eigenvalue weighted by Gasteiger charge is -2.12. The Morgan fingerprint density at radius 2 is 2.06 bits per heavy atom. The molecule has 3 nitrogen and oxygen atoms in total. The van der Waals surface area contributed by atoms with E-state index in [1.54, 1.807) is 25.6 Å². The molecule has 90 valence electrons. The average Bonchev–Trinajstić information content (AvgIpc) is 2.33. The molecule has 0 N–H and O–H groups in total. The van der Waals surface area contributed by atoms with E-state index in [4.69, 9.17) is 16.3 Å². The third-order valence-electron chi connectivity index (χ3n) is 2.82. The molecule has 0 aliphatic rings. The van der Waals surface area contributed by atoms with E-state index in [0.717, 1.165) is 15.4 Å². The first kappa shape index (κ1) is 12.5. The van der Waals surface area contributed by atoms with Gasteiger partial charge in [0.1, 0.15) is 5.75 Å². The molecule has 1 aromatic carbocycles. The molecule has 0 bridgehead atoms. The second-order valence-electron chi connectivity index (χ2n) is 3.81. The van der Waals surface area contributed by atoms with Crippen LogP contribution in [0.4, 0.5) is 0 Å². The molecular formula is C12H11BrClNO2. The normalized spacial score (nSPS) is 10.9. The lowest BCUT2D eigenvalue weighted by Crippen LogP contribution is -2.20. The number of hydrogen-bond donors (Lipinski definition) is 0. The van der Waals surface area contributed by atoms with E-state index in [1.807, 2.05) is 12.1 Å². The van der Waals surface area contributed by atoms with Crippen LogP contribution in [0.5, 0.6) is 5.75 Å². The third-order valence-corrected chi connectivity index (χ3v) is 3.93. The number of pyridine rings is 1. The summed E-state index contributed by atoms with van der Waals surface area (Å²) in [6.45, 7) is 1.72. The first-order valence-corrected chi connectivity index (χ1v) is 6.16. The van der Waals surface area contributed by atoms with E-state index in [0.29, 0.717) is 16.3 Å². The predicted octanol–water partition coefficient (Wildman–Crippen LogP) is 3.27. The van der Waals surface area contributed by atoms with Crippen LogP contribution >= 0.6 is 27.5 Å². The molecule has 0 spiro atoms. The topological polar surface area (TPSA) is 31.2 Å². The van der Waals surface area contributed by atoms with Gasteiger partial charge in [-0.25, -0.2) is 0 Å². The lowest BCUT2D eigenvalue weighted by atomic mass is 10.1. The summed E-state index contributed by atoms with van der Waals surface area (Å²) in [6.07, 6.45) is 0. The zero-order chi connectivity index (χ0) is 12.7. The summed E-state index contributed by atoms with van der Waals surface area (Å²) in [5, 5.41) is 1.29. The van der Waals surface area contributed by atoms with Gasteiger partial charge >= 0.3 is 0 Å². The molecule has 1 heterocycles. The molecule has 2 aromatic rings. The van der Waals surface area contributed by atoms with Gasteiger partial charge in [-0.2, -0.15) is 0 Å². The SMILES string of the molecule is COc1cc2c(Cl)c(C)c(=O)n(C)c2cc1Br. The van der Waals surface area contributed by atoms with E-state index in [-0.39, 0.29) is 5.56 Å². The van der Waals surface area contributed by atoms with E-state index in [2.05, 4.69) is 15.9 Å². The number of methoxy groups -OCH3 is 1. The van der Waals surface area contributed by atoms with Gasteiger partial charge in [0.05, 0.1) is 22.1 Å². The zero-order valence-corrected chi connectivity index (χ0v) is 12.0. The van der Waals surface area contributed by atoms with Crippen LogP contribution in [0.15, 0.2) is 21.4 Å². The van der Waals surface area contributed by atoms with Crippen molar-refractivity contribution >= 4 is 38.4 Å². The highest BCUT2D eigenvalue weighted by Crippen LogP contribution is 2.33. The van der Waals surface area contributed by atoms with Crippen LogP contribution in [0.25, 0.3) is 10.9 Å². The minimum Gasteiger partial charge on any atom is -0.496 e. The van der Waals surface area contributed by atoms with Gasteiger partial charge in [0.2, 0.25) is 0 Å². The molecule has 0 unspecified atom stereocenters. The number of aromatic nitrogens is 1. The summed E-state index contributed by atoms with van der Waals surface area (Å²) in [7, 11) is 3.32. The Kier molecular flexibility index (Phi) is 3.19. The van der Waals surface area contributed by atoms with E-state index in [1.165, 1.54) is 0 Å². The van der Waals surface area contributed by atoms with Gasteiger partial charge in [-0.15, -0.1) is 0 Å². The van der Waals surface area contributed by atoms with E-state index < -0.39 is 0 Å². The molecule has 0 saturated carbocycles. The van der Waals surface area contributed by atoms with Gasteiger partial charge in [-0.1, -0.05) is 11.6 Å². The molecule has 0 aliphatic carbocycles. The average molecular weight is 317 g/mol. The van der Waals surface area contributed by atoms with Gasteiger partial charge in [0.25, 0.3) is 5.56 Å². The number of nitrogens with zero attached hydrogens (tertiary/aromatic N) is 1. The highest BCUT2D eigenvalue weighted by Gasteiger charge is 2.13. The van der Waals surface area contributed by atoms with Crippen LogP contribution in [0, 0.1) is 6.92 Å². The van der Waals surface area contributed by atoms with Gasteiger partial charge in [-0.05, 0) is 35.0 Å². The van der Waals surface area contributed by atoms with Crippen LogP contribution in [0.3, 0.4) is 0 Å². The van der Waals surface area contributed by atoms with Crippen LogP contribution in [0.2, 0.25) is 5.02 Å². The van der Waals surface area contributed by atoms with Crippen molar-refractivity contribution in [3.8, 4) is 5.75 Å². The van der Waals surface area contributed by atoms with E-state index >= 15 is 0 Å². The summed E-state index contributed by atoms with van der Waals surface area (Å²) in [5.41, 5.74) is 1.24. The van der Waals surface area contributed by atoms with Gasteiger partial charge in [-0.3, -0.25) is 4.79 Å². The Morgan fingerprint density at radius 1 is 1.41 bits per heavy atom. The van der Waals surface area contributed by atoms with Crippen LogP contribution < -0.4 is 10.3 Å². The third kappa shape index (κ3) is 1.85. The summed E-state index contributed by atoms with van der Waals surface area (Å²) >= 11 is 9.60. The fourth-order valence-electron chi connectivity index (χ4n) is 1.81. The summed E-state index contributed by atoms with van der Waals surface area (Å²) in [6, 6.07) is 3.66. The number of hydrogen-bond acceptors (Lipinski definition) is 2. The number of rotatable bonds is 1. The van der Waals surface area contributed by atoms with Crippen molar-refractivity contribution in [2.75, 3.05) is 7.11 Å². The minimum absolute atomic E-state index is 0.0837. The standard InChI is InChI=1S/C12H11BrClNO2/c1-6-11(14)7-4-10(17-3)8(13)5-9(7)15(2)12(6)16/h4-5H,1-3H3. The highest BCUT2D eigenvalue weighted by atomic mass is 79.9. The summed E-state index contributed by atoms with van der Waals surface area (Å²) in [5.74, 6) is 0.692. The van der Waals surface area contributed by atoms with Crippen molar-refractivity contribution in [2.24, 2.45) is 7.05 Å². The molecule has 0 radical (unpaired) electrons. The summed E-state index contributed by atoms with van der Waals surface area (Å²) in [4.78, 5) is 11.9. The zero-order valence-electron chi connectivity index (χ0n) is 9.67. The van der Waals surface area contributed by atoms with Crippen molar-refractivity contribution in [3.63, 3.8) is 0 Å². The Morgan fingerprint density at radius 3 is 2.65 bits per heavy atom. The first-order chi connectivity index (χ1) is 7.97. The largest absolute Gasteiger partial charge is 0.496 e. The van der Waals surface area contributed by atoms with Crippen molar-refractivity contribution < 1.29 is 4.74 Å². The predicted molar refractivity (Wildman–Crippen MR) is 73.2 cm³/mol.